The first-order valence-electron chi connectivity index (χ1n) is 8.69. The lowest BCUT2D eigenvalue weighted by molar-refractivity contribution is 0.102. The molecule has 1 N–H and O–H groups in total. The molecule has 9 heteroatoms. The Hall–Kier alpha value is -2.45. The van der Waals surface area contributed by atoms with Gasteiger partial charge in [-0.05, 0) is 37.1 Å². The van der Waals surface area contributed by atoms with Crippen LogP contribution in [0.4, 0.5) is 11.4 Å². The maximum absolute atomic E-state index is 12.6. The van der Waals surface area contributed by atoms with Crippen LogP contribution < -0.4 is 19.1 Å². The van der Waals surface area contributed by atoms with Crippen molar-refractivity contribution in [2.75, 3.05) is 36.1 Å². The molecule has 0 aliphatic carbocycles. The van der Waals surface area contributed by atoms with Gasteiger partial charge in [0.2, 0.25) is 10.0 Å². The Balaban J connectivity index is 1.81. The lowest BCUT2D eigenvalue weighted by atomic mass is 10.1. The van der Waals surface area contributed by atoms with Gasteiger partial charge in [0, 0.05) is 24.2 Å². The van der Waals surface area contributed by atoms with Crippen molar-refractivity contribution < 1.29 is 22.7 Å². The fourth-order valence-electron chi connectivity index (χ4n) is 3.01. The minimum atomic E-state index is -3.29. The van der Waals surface area contributed by atoms with Crippen molar-refractivity contribution in [3.05, 3.63) is 47.0 Å². The summed E-state index contributed by atoms with van der Waals surface area (Å²) in [6.07, 6.45) is 1.49. The molecule has 0 spiro atoms. The van der Waals surface area contributed by atoms with Gasteiger partial charge in [-0.2, -0.15) is 0 Å². The molecule has 0 bridgehead atoms. The smallest absolute Gasteiger partial charge is 0.255 e. The van der Waals surface area contributed by atoms with E-state index in [2.05, 4.69) is 5.32 Å². The van der Waals surface area contributed by atoms with Crippen LogP contribution in [0.2, 0.25) is 5.02 Å². The standard InChI is InChI=1S/C19H21ClN2O5S/c1-26-17-12-16(18(27-2)11-15(17)20)21-19(23)13-5-7-14(8-6-13)22-9-3-4-10-28(22,24)25/h5-8,11-12H,3-4,9-10H2,1-2H3,(H,21,23). The topological polar surface area (TPSA) is 84.9 Å². The number of methoxy groups -OCH3 is 2. The Bertz CT molecular complexity index is 977. The zero-order valence-corrected chi connectivity index (χ0v) is 17.1. The van der Waals surface area contributed by atoms with Crippen molar-refractivity contribution in [3.63, 3.8) is 0 Å². The highest BCUT2D eigenvalue weighted by Gasteiger charge is 2.26. The summed E-state index contributed by atoms with van der Waals surface area (Å²) in [6.45, 7) is 0.454. The molecule has 28 heavy (non-hydrogen) atoms. The Labute approximate surface area is 169 Å². The molecule has 1 heterocycles. The molecule has 2 aromatic carbocycles. The van der Waals surface area contributed by atoms with Gasteiger partial charge in [0.15, 0.2) is 0 Å². The number of carbonyl (C=O) groups excluding carboxylic acids is 1. The van der Waals surface area contributed by atoms with E-state index in [-0.39, 0.29) is 11.7 Å². The van der Waals surface area contributed by atoms with Crippen LogP contribution in [0.15, 0.2) is 36.4 Å². The molecule has 150 valence electrons. The number of halogens is 1. The minimum absolute atomic E-state index is 0.146. The predicted molar refractivity (Wildman–Crippen MR) is 109 cm³/mol. The van der Waals surface area contributed by atoms with Crippen LogP contribution in [-0.4, -0.2) is 40.8 Å². The van der Waals surface area contributed by atoms with Crippen molar-refractivity contribution in [2.45, 2.75) is 12.8 Å². The van der Waals surface area contributed by atoms with Crippen molar-refractivity contribution in [1.29, 1.82) is 0 Å². The maximum Gasteiger partial charge on any atom is 0.255 e. The molecule has 1 amide bonds. The molecular weight excluding hydrogens is 404 g/mol. The van der Waals surface area contributed by atoms with Gasteiger partial charge in [0.05, 0.1) is 36.4 Å². The number of hydrogen-bond acceptors (Lipinski definition) is 5. The Kier molecular flexibility index (Phi) is 6.00. The zero-order chi connectivity index (χ0) is 20.3. The number of amides is 1. The molecule has 7 nitrogen and oxygen atoms in total. The molecule has 1 aliphatic heterocycles. The summed E-state index contributed by atoms with van der Waals surface area (Å²) < 4.78 is 36.2. The highest BCUT2D eigenvalue weighted by Crippen LogP contribution is 2.36. The van der Waals surface area contributed by atoms with Crippen molar-refractivity contribution in [1.82, 2.24) is 0 Å². The number of nitrogens with zero attached hydrogens (tertiary/aromatic N) is 1. The second kappa shape index (κ2) is 8.28. The molecule has 0 radical (unpaired) electrons. The van der Waals surface area contributed by atoms with Gasteiger partial charge in [-0.1, -0.05) is 11.6 Å². The van der Waals surface area contributed by atoms with Gasteiger partial charge in [0.1, 0.15) is 11.5 Å². The van der Waals surface area contributed by atoms with Gasteiger partial charge in [-0.25, -0.2) is 8.42 Å². The molecule has 0 unspecified atom stereocenters. The number of nitrogens with one attached hydrogen (secondary N) is 1. The minimum Gasteiger partial charge on any atom is -0.495 e. The molecule has 2 aromatic rings. The second-order valence-electron chi connectivity index (χ2n) is 6.28. The third-order valence-electron chi connectivity index (χ3n) is 4.49. The number of hydrogen-bond donors (Lipinski definition) is 1. The lowest BCUT2D eigenvalue weighted by Gasteiger charge is -2.28. The molecule has 1 aliphatic rings. The maximum atomic E-state index is 12.6. The third-order valence-corrected chi connectivity index (χ3v) is 6.65. The molecular formula is C19H21ClN2O5S. The molecule has 1 saturated heterocycles. The van der Waals surface area contributed by atoms with E-state index in [9.17, 15) is 13.2 Å². The summed E-state index contributed by atoms with van der Waals surface area (Å²) in [5.74, 6) is 0.585. The molecule has 0 saturated carbocycles. The van der Waals surface area contributed by atoms with Crippen LogP contribution in [0.3, 0.4) is 0 Å². The fraction of sp³-hybridized carbons (Fsp3) is 0.316. The lowest BCUT2D eigenvalue weighted by Crippen LogP contribution is -2.37. The molecule has 0 atom stereocenters. The summed E-state index contributed by atoms with van der Waals surface area (Å²) in [7, 11) is -0.336. The average Bonchev–Trinajstić information content (AvgIpc) is 2.68. The number of carbonyl (C=O) groups is 1. The van der Waals surface area contributed by atoms with E-state index in [0.717, 1.165) is 6.42 Å². The van der Waals surface area contributed by atoms with Gasteiger partial charge in [0.25, 0.3) is 5.91 Å². The first-order valence-corrected chi connectivity index (χ1v) is 10.7. The Morgan fingerprint density at radius 1 is 1.07 bits per heavy atom. The number of sulfonamides is 1. The average molecular weight is 425 g/mol. The van der Waals surface area contributed by atoms with Crippen LogP contribution in [0, 0.1) is 0 Å². The van der Waals surface area contributed by atoms with Gasteiger partial charge >= 0.3 is 0 Å². The summed E-state index contributed by atoms with van der Waals surface area (Å²) in [5.41, 5.74) is 1.35. The number of ether oxygens (including phenoxy) is 2. The number of benzene rings is 2. The van der Waals surface area contributed by atoms with Crippen molar-refractivity contribution >= 4 is 38.9 Å². The van der Waals surface area contributed by atoms with Crippen LogP contribution in [0.1, 0.15) is 23.2 Å². The van der Waals surface area contributed by atoms with E-state index in [0.29, 0.717) is 46.4 Å². The normalized spacial score (nSPS) is 15.8. The van der Waals surface area contributed by atoms with Crippen molar-refractivity contribution in [2.24, 2.45) is 0 Å². The van der Waals surface area contributed by atoms with E-state index in [1.54, 1.807) is 36.4 Å². The number of rotatable bonds is 5. The van der Waals surface area contributed by atoms with E-state index < -0.39 is 10.0 Å². The van der Waals surface area contributed by atoms with E-state index in [1.165, 1.54) is 18.5 Å². The summed E-state index contributed by atoms with van der Waals surface area (Å²) in [6, 6.07) is 9.59. The predicted octanol–water partition coefficient (Wildman–Crippen LogP) is 3.54. The van der Waals surface area contributed by atoms with E-state index in [4.69, 9.17) is 21.1 Å². The third kappa shape index (κ3) is 4.18. The Morgan fingerprint density at radius 3 is 2.36 bits per heavy atom. The monoisotopic (exact) mass is 424 g/mol. The van der Waals surface area contributed by atoms with Crippen LogP contribution in [-0.2, 0) is 10.0 Å². The SMILES string of the molecule is COc1cc(NC(=O)c2ccc(N3CCCCS3(=O)=O)cc2)c(OC)cc1Cl. The first-order chi connectivity index (χ1) is 13.4. The van der Waals surface area contributed by atoms with Gasteiger partial charge < -0.3 is 14.8 Å². The van der Waals surface area contributed by atoms with Crippen LogP contribution in [0.5, 0.6) is 11.5 Å². The van der Waals surface area contributed by atoms with Crippen LogP contribution >= 0.6 is 11.6 Å². The zero-order valence-electron chi connectivity index (χ0n) is 15.6. The van der Waals surface area contributed by atoms with E-state index in [1.807, 2.05) is 0 Å². The van der Waals surface area contributed by atoms with Crippen LogP contribution in [0.25, 0.3) is 0 Å². The highest BCUT2D eigenvalue weighted by atomic mass is 35.5. The largest absolute Gasteiger partial charge is 0.495 e. The summed E-state index contributed by atoms with van der Waals surface area (Å²) >= 11 is 6.08. The molecule has 3 rings (SSSR count). The summed E-state index contributed by atoms with van der Waals surface area (Å²) in [4.78, 5) is 12.6. The quantitative estimate of drug-likeness (QED) is 0.793. The molecule has 1 fully saturated rings. The van der Waals surface area contributed by atoms with Crippen molar-refractivity contribution in [3.8, 4) is 11.5 Å². The fourth-order valence-corrected chi connectivity index (χ4v) is 4.88. The van der Waals surface area contributed by atoms with Gasteiger partial charge in [-0.3, -0.25) is 9.10 Å². The van der Waals surface area contributed by atoms with E-state index >= 15 is 0 Å². The Morgan fingerprint density at radius 2 is 1.75 bits per heavy atom. The van der Waals surface area contributed by atoms with Gasteiger partial charge in [-0.15, -0.1) is 0 Å². The highest BCUT2D eigenvalue weighted by molar-refractivity contribution is 7.92. The molecule has 0 aromatic heterocycles. The second-order valence-corrected chi connectivity index (χ2v) is 8.70. The summed E-state index contributed by atoms with van der Waals surface area (Å²) in [5, 5.41) is 3.13. The first kappa shape index (κ1) is 20.3. The number of anilines is 2.